The van der Waals surface area contributed by atoms with E-state index in [1.807, 2.05) is 0 Å². The maximum atomic E-state index is 3.55. The van der Waals surface area contributed by atoms with Crippen LogP contribution in [0.5, 0.6) is 0 Å². The maximum absolute atomic E-state index is 3.55. The number of hydrogen-bond donors (Lipinski definition) is 0. The second-order valence-corrected chi connectivity index (χ2v) is 4.77. The zero-order valence-corrected chi connectivity index (χ0v) is 10.0. The molecule has 1 aliphatic heterocycles. The first-order valence-electron chi connectivity index (χ1n) is 3.90. The second-order valence-electron chi connectivity index (χ2n) is 3.16. The number of rotatable bonds is 0. The predicted octanol–water partition coefficient (Wildman–Crippen LogP) is 2.46. The summed E-state index contributed by atoms with van der Waals surface area (Å²) < 4.78 is 4.64. The molecular formula is C8H10Br2N2. The van der Waals surface area contributed by atoms with Gasteiger partial charge < -0.3 is 4.57 Å². The van der Waals surface area contributed by atoms with Crippen LogP contribution in [0.4, 0.5) is 0 Å². The zero-order valence-electron chi connectivity index (χ0n) is 6.85. The molecule has 2 heterocycles. The molecule has 0 radical (unpaired) electrons. The summed E-state index contributed by atoms with van der Waals surface area (Å²) in [6.07, 6.45) is 0. The van der Waals surface area contributed by atoms with Gasteiger partial charge in [-0.05, 0) is 45.0 Å². The van der Waals surface area contributed by atoms with Crippen molar-refractivity contribution in [3.63, 3.8) is 0 Å². The number of likely N-dealkylation sites (N-methyl/N-ethyl adjacent to an activating group) is 1. The second kappa shape index (κ2) is 3.16. The van der Waals surface area contributed by atoms with E-state index in [4.69, 9.17) is 0 Å². The number of aromatic nitrogens is 1. The van der Waals surface area contributed by atoms with E-state index in [1.165, 1.54) is 10.3 Å². The van der Waals surface area contributed by atoms with Crippen molar-refractivity contribution >= 4 is 31.9 Å². The highest BCUT2D eigenvalue weighted by molar-refractivity contribution is 9.13. The average Bonchev–Trinajstić information content (AvgIpc) is 2.28. The molecule has 4 heteroatoms. The third-order valence-electron chi connectivity index (χ3n) is 2.21. The van der Waals surface area contributed by atoms with Gasteiger partial charge in [-0.3, -0.25) is 4.90 Å². The Morgan fingerprint density at radius 1 is 1.33 bits per heavy atom. The van der Waals surface area contributed by atoms with E-state index in [0.717, 1.165) is 24.1 Å². The highest BCUT2D eigenvalue weighted by atomic mass is 79.9. The van der Waals surface area contributed by atoms with Crippen LogP contribution in [0.1, 0.15) is 5.69 Å². The summed E-state index contributed by atoms with van der Waals surface area (Å²) in [5, 5.41) is 0. The first-order valence-corrected chi connectivity index (χ1v) is 5.49. The van der Waals surface area contributed by atoms with Crippen molar-refractivity contribution in [2.24, 2.45) is 0 Å². The van der Waals surface area contributed by atoms with Crippen molar-refractivity contribution < 1.29 is 0 Å². The normalized spacial score (nSPS) is 17.9. The minimum Gasteiger partial charge on any atom is -0.336 e. The lowest BCUT2D eigenvalue weighted by molar-refractivity contribution is 0.268. The van der Waals surface area contributed by atoms with Crippen LogP contribution in [0, 0.1) is 0 Å². The van der Waals surface area contributed by atoms with Gasteiger partial charge in [0.05, 0.1) is 9.08 Å². The van der Waals surface area contributed by atoms with Gasteiger partial charge in [-0.15, -0.1) is 0 Å². The molecule has 66 valence electrons. The molecule has 0 saturated heterocycles. The summed E-state index contributed by atoms with van der Waals surface area (Å²) in [6.45, 7) is 3.26. The molecule has 2 rings (SSSR count). The Kier molecular flexibility index (Phi) is 2.31. The summed E-state index contributed by atoms with van der Waals surface area (Å²) in [5.74, 6) is 0. The lowest BCUT2D eigenvalue weighted by Gasteiger charge is -2.24. The molecule has 0 spiro atoms. The van der Waals surface area contributed by atoms with Crippen molar-refractivity contribution in [1.82, 2.24) is 9.47 Å². The van der Waals surface area contributed by atoms with Gasteiger partial charge >= 0.3 is 0 Å². The van der Waals surface area contributed by atoms with Crippen molar-refractivity contribution in [2.75, 3.05) is 13.6 Å². The molecule has 0 atom stereocenters. The molecule has 12 heavy (non-hydrogen) atoms. The molecule has 2 nitrogen and oxygen atoms in total. The Hall–Kier alpha value is 0.200. The van der Waals surface area contributed by atoms with Gasteiger partial charge in [0.1, 0.15) is 0 Å². The third-order valence-corrected chi connectivity index (χ3v) is 4.20. The molecule has 0 aromatic carbocycles. The zero-order chi connectivity index (χ0) is 8.72. The Morgan fingerprint density at radius 2 is 2.08 bits per heavy atom. The molecule has 0 N–H and O–H groups in total. The fraction of sp³-hybridized carbons (Fsp3) is 0.500. The van der Waals surface area contributed by atoms with E-state index in [-0.39, 0.29) is 0 Å². The Bertz CT molecular complexity index is 306. The quantitative estimate of drug-likeness (QED) is 0.713. The van der Waals surface area contributed by atoms with E-state index < -0.39 is 0 Å². The summed E-state index contributed by atoms with van der Waals surface area (Å²) in [6, 6.07) is 2.18. The molecule has 0 bridgehead atoms. The largest absolute Gasteiger partial charge is 0.336 e. The lowest BCUT2D eigenvalue weighted by atomic mass is 10.3. The standard InChI is InChI=1S/C8H10Br2N2/c1-11-2-3-12-6(5-11)4-7(9)8(12)10/h4H,2-3,5H2,1H3. The first-order chi connectivity index (χ1) is 5.68. The van der Waals surface area contributed by atoms with Gasteiger partial charge in [0.15, 0.2) is 0 Å². The first kappa shape index (κ1) is 8.78. The monoisotopic (exact) mass is 292 g/mol. The van der Waals surface area contributed by atoms with Gasteiger partial charge in [-0.25, -0.2) is 0 Å². The molecule has 0 saturated carbocycles. The van der Waals surface area contributed by atoms with Crippen molar-refractivity contribution in [3.8, 4) is 0 Å². The lowest BCUT2D eigenvalue weighted by Crippen LogP contribution is -2.29. The smallest absolute Gasteiger partial charge is 0.0993 e. The minimum absolute atomic E-state index is 1.05. The summed E-state index contributed by atoms with van der Waals surface area (Å²) >= 11 is 7.06. The van der Waals surface area contributed by atoms with E-state index >= 15 is 0 Å². The number of nitrogens with zero attached hydrogens (tertiary/aromatic N) is 2. The van der Waals surface area contributed by atoms with Gasteiger partial charge in [0.25, 0.3) is 0 Å². The van der Waals surface area contributed by atoms with Gasteiger partial charge in [-0.2, -0.15) is 0 Å². The van der Waals surface area contributed by atoms with E-state index in [9.17, 15) is 0 Å². The molecule has 0 aliphatic carbocycles. The van der Waals surface area contributed by atoms with Crippen molar-refractivity contribution in [1.29, 1.82) is 0 Å². The van der Waals surface area contributed by atoms with Crippen LogP contribution in [0.2, 0.25) is 0 Å². The third kappa shape index (κ3) is 1.36. The molecule has 0 amide bonds. The molecule has 1 aliphatic rings. The summed E-state index contributed by atoms with van der Waals surface area (Å²) in [7, 11) is 2.15. The van der Waals surface area contributed by atoms with Crippen LogP contribution in [-0.4, -0.2) is 23.1 Å². The van der Waals surface area contributed by atoms with Gasteiger partial charge in [-0.1, -0.05) is 0 Å². The average molecular weight is 294 g/mol. The highest BCUT2D eigenvalue weighted by Crippen LogP contribution is 2.29. The van der Waals surface area contributed by atoms with E-state index in [1.54, 1.807) is 0 Å². The van der Waals surface area contributed by atoms with Gasteiger partial charge in [0, 0.05) is 25.3 Å². The fourth-order valence-corrected chi connectivity index (χ4v) is 2.54. The SMILES string of the molecule is CN1CCn2c(cc(Br)c2Br)C1. The number of halogens is 2. The Morgan fingerprint density at radius 3 is 2.83 bits per heavy atom. The highest BCUT2D eigenvalue weighted by Gasteiger charge is 2.16. The van der Waals surface area contributed by atoms with Crippen LogP contribution in [0.3, 0.4) is 0 Å². The number of hydrogen-bond acceptors (Lipinski definition) is 1. The molecule has 0 unspecified atom stereocenters. The number of fused-ring (bicyclic) bond motifs is 1. The molecule has 1 aromatic rings. The van der Waals surface area contributed by atoms with E-state index in [2.05, 4.69) is 54.4 Å². The molecule has 1 aromatic heterocycles. The van der Waals surface area contributed by atoms with Crippen molar-refractivity contribution in [3.05, 3.63) is 20.8 Å². The molecule has 0 fully saturated rings. The maximum Gasteiger partial charge on any atom is 0.0993 e. The van der Waals surface area contributed by atoms with Gasteiger partial charge in [0.2, 0.25) is 0 Å². The Balaban J connectivity index is 2.43. The fourth-order valence-electron chi connectivity index (χ4n) is 1.54. The van der Waals surface area contributed by atoms with Crippen LogP contribution in [0.15, 0.2) is 15.1 Å². The van der Waals surface area contributed by atoms with Crippen LogP contribution in [0.25, 0.3) is 0 Å². The molecular weight excluding hydrogens is 284 g/mol. The Labute approximate surface area is 88.8 Å². The topological polar surface area (TPSA) is 8.17 Å². The minimum atomic E-state index is 1.05. The predicted molar refractivity (Wildman–Crippen MR) is 56.2 cm³/mol. The van der Waals surface area contributed by atoms with Crippen LogP contribution < -0.4 is 0 Å². The summed E-state index contributed by atoms with van der Waals surface area (Å²) in [5.41, 5.74) is 1.38. The van der Waals surface area contributed by atoms with Crippen LogP contribution >= 0.6 is 31.9 Å². The van der Waals surface area contributed by atoms with Crippen LogP contribution in [-0.2, 0) is 13.1 Å². The van der Waals surface area contributed by atoms with Crippen molar-refractivity contribution in [2.45, 2.75) is 13.1 Å². The summed E-state index contributed by atoms with van der Waals surface area (Å²) in [4.78, 5) is 2.33. The van der Waals surface area contributed by atoms with E-state index in [0.29, 0.717) is 0 Å².